The second kappa shape index (κ2) is 8.28. The Labute approximate surface area is 158 Å². The lowest BCUT2D eigenvalue weighted by molar-refractivity contribution is 0.0963. The highest BCUT2D eigenvalue weighted by Gasteiger charge is 2.19. The van der Waals surface area contributed by atoms with Gasteiger partial charge in [0.1, 0.15) is 12.7 Å². The maximum Gasteiger partial charge on any atom is 0.340 e. The molecular weight excluding hydrogens is 342 g/mol. The monoisotopic (exact) mass is 365 g/mol. The van der Waals surface area contributed by atoms with Crippen molar-refractivity contribution in [2.24, 2.45) is 0 Å². The van der Waals surface area contributed by atoms with Crippen molar-refractivity contribution in [3.05, 3.63) is 65.7 Å². The molecule has 0 aliphatic heterocycles. The Morgan fingerprint density at radius 1 is 1.11 bits per heavy atom. The van der Waals surface area contributed by atoms with Gasteiger partial charge in [-0.05, 0) is 52.9 Å². The molecule has 0 radical (unpaired) electrons. The number of aryl methyl sites for hydroxylation is 1. The number of aromatic nitrogens is 4. The molecule has 4 rings (SSSR count). The van der Waals surface area contributed by atoms with Crippen molar-refractivity contribution in [2.45, 2.75) is 31.4 Å². The van der Waals surface area contributed by atoms with Crippen molar-refractivity contribution in [3.63, 3.8) is 0 Å². The standard InChI is InChI=1S/C20H23N5O2/c26-19(13-21-17-11-10-15-6-4-5-7-16(15)12-17)14-27-20-22-23-24-25(20)18-8-2-1-3-9-18/h1-9,17,19,21,26H,10-14H2. The van der Waals surface area contributed by atoms with Crippen LogP contribution in [0.2, 0.25) is 0 Å². The highest BCUT2D eigenvalue weighted by atomic mass is 16.5. The number of benzene rings is 2. The molecule has 0 spiro atoms. The number of hydrogen-bond donors (Lipinski definition) is 2. The van der Waals surface area contributed by atoms with E-state index in [1.165, 1.54) is 15.8 Å². The quantitative estimate of drug-likeness (QED) is 0.661. The second-order valence-electron chi connectivity index (χ2n) is 6.79. The summed E-state index contributed by atoms with van der Waals surface area (Å²) in [6, 6.07) is 18.7. The van der Waals surface area contributed by atoms with Gasteiger partial charge in [0.25, 0.3) is 0 Å². The van der Waals surface area contributed by atoms with Crippen molar-refractivity contribution < 1.29 is 9.84 Å². The maximum absolute atomic E-state index is 10.3. The summed E-state index contributed by atoms with van der Waals surface area (Å²) in [5.41, 5.74) is 3.65. The number of para-hydroxylation sites is 1. The third-order valence-corrected chi connectivity index (χ3v) is 4.84. The van der Waals surface area contributed by atoms with Gasteiger partial charge in [-0.1, -0.05) is 47.6 Å². The lowest BCUT2D eigenvalue weighted by atomic mass is 9.88. The summed E-state index contributed by atoms with van der Waals surface area (Å²) in [7, 11) is 0. The zero-order valence-electron chi connectivity index (χ0n) is 15.0. The van der Waals surface area contributed by atoms with Crippen LogP contribution in [0.25, 0.3) is 5.69 Å². The van der Waals surface area contributed by atoms with E-state index >= 15 is 0 Å². The van der Waals surface area contributed by atoms with Gasteiger partial charge in [0, 0.05) is 12.6 Å². The van der Waals surface area contributed by atoms with Crippen molar-refractivity contribution in [1.82, 2.24) is 25.5 Å². The molecule has 2 unspecified atom stereocenters. The predicted octanol–water partition coefficient (Wildman–Crippen LogP) is 1.55. The van der Waals surface area contributed by atoms with E-state index in [0.717, 1.165) is 24.9 Å². The molecule has 1 heterocycles. The van der Waals surface area contributed by atoms with Crippen LogP contribution in [0.5, 0.6) is 6.01 Å². The summed E-state index contributed by atoms with van der Waals surface area (Å²) in [6.45, 7) is 0.600. The highest BCUT2D eigenvalue weighted by Crippen LogP contribution is 2.21. The van der Waals surface area contributed by atoms with E-state index in [0.29, 0.717) is 12.6 Å². The molecule has 2 atom stereocenters. The number of nitrogens with zero attached hydrogens (tertiary/aromatic N) is 4. The van der Waals surface area contributed by atoms with Gasteiger partial charge in [0.15, 0.2) is 0 Å². The number of fused-ring (bicyclic) bond motifs is 1. The number of aliphatic hydroxyl groups excluding tert-OH is 1. The molecule has 0 fully saturated rings. The number of nitrogens with one attached hydrogen (secondary N) is 1. The average Bonchev–Trinajstić information content (AvgIpc) is 3.20. The van der Waals surface area contributed by atoms with Gasteiger partial charge in [-0.15, -0.1) is 0 Å². The largest absolute Gasteiger partial charge is 0.459 e. The Hall–Kier alpha value is -2.77. The Bertz CT molecular complexity index is 868. The van der Waals surface area contributed by atoms with E-state index < -0.39 is 6.10 Å². The Kier molecular flexibility index (Phi) is 5.41. The molecule has 1 aromatic heterocycles. The van der Waals surface area contributed by atoms with Crippen LogP contribution in [0.15, 0.2) is 54.6 Å². The third-order valence-electron chi connectivity index (χ3n) is 4.84. The van der Waals surface area contributed by atoms with Crippen molar-refractivity contribution in [3.8, 4) is 11.7 Å². The highest BCUT2D eigenvalue weighted by molar-refractivity contribution is 5.32. The van der Waals surface area contributed by atoms with Gasteiger partial charge in [0.05, 0.1) is 5.69 Å². The maximum atomic E-state index is 10.3. The molecule has 0 amide bonds. The van der Waals surface area contributed by atoms with Crippen LogP contribution in [-0.2, 0) is 12.8 Å². The van der Waals surface area contributed by atoms with Gasteiger partial charge in [-0.2, -0.15) is 4.68 Å². The molecule has 0 saturated heterocycles. The summed E-state index contributed by atoms with van der Waals surface area (Å²) in [4.78, 5) is 0. The first-order valence-corrected chi connectivity index (χ1v) is 9.24. The number of tetrazole rings is 1. The molecule has 2 aromatic carbocycles. The predicted molar refractivity (Wildman–Crippen MR) is 101 cm³/mol. The Balaban J connectivity index is 1.27. The smallest absolute Gasteiger partial charge is 0.340 e. The van der Waals surface area contributed by atoms with Crippen molar-refractivity contribution in [2.75, 3.05) is 13.2 Å². The fraction of sp³-hybridized carbons (Fsp3) is 0.350. The van der Waals surface area contributed by atoms with Crippen LogP contribution in [-0.4, -0.2) is 50.6 Å². The van der Waals surface area contributed by atoms with E-state index in [1.54, 1.807) is 0 Å². The summed E-state index contributed by atoms with van der Waals surface area (Å²) < 4.78 is 7.14. The first-order chi connectivity index (χ1) is 13.3. The first kappa shape index (κ1) is 17.6. The molecule has 7 nitrogen and oxygen atoms in total. The van der Waals surface area contributed by atoms with Crippen molar-refractivity contribution >= 4 is 0 Å². The SMILES string of the molecule is OC(CNC1CCc2ccccc2C1)COc1nnnn1-c1ccccc1. The number of rotatable bonds is 7. The van der Waals surface area contributed by atoms with Crippen LogP contribution in [0, 0.1) is 0 Å². The van der Waals surface area contributed by atoms with Gasteiger partial charge >= 0.3 is 6.01 Å². The molecular formula is C20H23N5O2. The van der Waals surface area contributed by atoms with E-state index in [1.807, 2.05) is 30.3 Å². The lowest BCUT2D eigenvalue weighted by Gasteiger charge is -2.26. The minimum absolute atomic E-state index is 0.128. The van der Waals surface area contributed by atoms with Crippen molar-refractivity contribution in [1.29, 1.82) is 0 Å². The fourth-order valence-corrected chi connectivity index (χ4v) is 3.40. The molecule has 1 aliphatic carbocycles. The summed E-state index contributed by atoms with van der Waals surface area (Å²) >= 11 is 0. The molecule has 2 N–H and O–H groups in total. The third kappa shape index (κ3) is 4.32. The normalized spacial score (nSPS) is 17.3. The van der Waals surface area contributed by atoms with Gasteiger partial charge in [-0.3, -0.25) is 0 Å². The average molecular weight is 365 g/mol. The second-order valence-corrected chi connectivity index (χ2v) is 6.79. The number of ether oxygens (including phenoxy) is 1. The summed E-state index contributed by atoms with van der Waals surface area (Å²) in [5.74, 6) is 0. The van der Waals surface area contributed by atoms with E-state index in [2.05, 4.69) is 45.1 Å². The minimum atomic E-state index is -0.636. The first-order valence-electron chi connectivity index (χ1n) is 9.24. The summed E-state index contributed by atoms with van der Waals surface area (Å²) in [5, 5.41) is 25.2. The molecule has 27 heavy (non-hydrogen) atoms. The minimum Gasteiger partial charge on any atom is -0.459 e. The van der Waals surface area contributed by atoms with Crippen LogP contribution in [0.1, 0.15) is 17.5 Å². The fourth-order valence-electron chi connectivity index (χ4n) is 3.40. The van der Waals surface area contributed by atoms with E-state index in [-0.39, 0.29) is 12.6 Å². The zero-order chi connectivity index (χ0) is 18.5. The number of hydrogen-bond acceptors (Lipinski definition) is 6. The van der Waals surface area contributed by atoms with Gasteiger partial charge in [0.2, 0.25) is 0 Å². The van der Waals surface area contributed by atoms with Gasteiger partial charge in [-0.25, -0.2) is 0 Å². The molecule has 7 heteroatoms. The van der Waals surface area contributed by atoms with E-state index in [4.69, 9.17) is 4.74 Å². The van der Waals surface area contributed by atoms with E-state index in [9.17, 15) is 5.11 Å². The van der Waals surface area contributed by atoms with Gasteiger partial charge < -0.3 is 15.2 Å². The van der Waals surface area contributed by atoms with Crippen LogP contribution in [0.3, 0.4) is 0 Å². The molecule has 1 aliphatic rings. The Morgan fingerprint density at radius 3 is 2.74 bits per heavy atom. The topological polar surface area (TPSA) is 85.1 Å². The number of aliphatic hydroxyl groups is 1. The lowest BCUT2D eigenvalue weighted by Crippen LogP contribution is -2.41. The van der Waals surface area contributed by atoms with Crippen LogP contribution in [0.4, 0.5) is 0 Å². The molecule has 0 saturated carbocycles. The van der Waals surface area contributed by atoms with Crippen LogP contribution < -0.4 is 10.1 Å². The summed E-state index contributed by atoms with van der Waals surface area (Å²) in [6.07, 6.45) is 2.52. The molecule has 140 valence electrons. The van der Waals surface area contributed by atoms with Crippen LogP contribution >= 0.6 is 0 Å². The molecule has 3 aromatic rings. The Morgan fingerprint density at radius 2 is 1.89 bits per heavy atom. The molecule has 0 bridgehead atoms. The zero-order valence-corrected chi connectivity index (χ0v) is 15.0.